The lowest BCUT2D eigenvalue weighted by molar-refractivity contribution is 0.364. The summed E-state index contributed by atoms with van der Waals surface area (Å²) in [6.45, 7) is 0. The number of hydrogen-bond donors (Lipinski definition) is 1. The Balaban J connectivity index is 2.19. The second-order valence-corrected chi connectivity index (χ2v) is 4.72. The molecule has 0 spiro atoms. The van der Waals surface area contributed by atoms with E-state index in [0.717, 1.165) is 37.2 Å². The minimum absolute atomic E-state index is 0.385. The molecule has 1 aromatic carbocycles. The zero-order valence-corrected chi connectivity index (χ0v) is 10.6. The van der Waals surface area contributed by atoms with E-state index in [-0.39, 0.29) is 0 Å². The first-order valence-corrected chi connectivity index (χ1v) is 6.22. The molecule has 0 radical (unpaired) electrons. The summed E-state index contributed by atoms with van der Waals surface area (Å²) in [4.78, 5) is 0. The van der Waals surface area contributed by atoms with E-state index in [4.69, 9.17) is 15.2 Å². The summed E-state index contributed by atoms with van der Waals surface area (Å²) in [5, 5.41) is 0. The van der Waals surface area contributed by atoms with Crippen molar-refractivity contribution in [3.05, 3.63) is 23.8 Å². The van der Waals surface area contributed by atoms with Gasteiger partial charge in [0.25, 0.3) is 0 Å². The van der Waals surface area contributed by atoms with Gasteiger partial charge in [0.2, 0.25) is 0 Å². The van der Waals surface area contributed by atoms with E-state index in [2.05, 4.69) is 6.07 Å². The summed E-state index contributed by atoms with van der Waals surface area (Å²) in [5.74, 6) is 2.36. The van der Waals surface area contributed by atoms with Crippen LogP contribution in [0.15, 0.2) is 18.2 Å². The van der Waals surface area contributed by atoms with E-state index in [0.29, 0.717) is 12.0 Å². The number of nitrogens with two attached hydrogens (primary N) is 1. The normalized spacial score (nSPS) is 24.4. The fraction of sp³-hybridized carbons (Fsp3) is 0.571. The van der Waals surface area contributed by atoms with E-state index in [1.807, 2.05) is 12.1 Å². The zero-order valence-electron chi connectivity index (χ0n) is 10.6. The molecular weight excluding hydrogens is 214 g/mol. The molecule has 3 heteroatoms. The lowest BCUT2D eigenvalue weighted by Crippen LogP contribution is -2.25. The number of methoxy groups -OCH3 is 2. The highest BCUT2D eigenvalue weighted by molar-refractivity contribution is 5.42. The molecule has 0 atom stereocenters. The standard InChI is InChI=1S/C14H21NO2/c1-16-12-7-8-13(14(9-12)17-2)10-3-5-11(15)6-4-10/h7-11H,3-6,15H2,1-2H3. The Morgan fingerprint density at radius 1 is 1.06 bits per heavy atom. The second kappa shape index (κ2) is 5.41. The van der Waals surface area contributed by atoms with Crippen LogP contribution in [0.3, 0.4) is 0 Å². The molecule has 3 nitrogen and oxygen atoms in total. The van der Waals surface area contributed by atoms with E-state index in [1.165, 1.54) is 5.56 Å². The summed E-state index contributed by atoms with van der Waals surface area (Å²) < 4.78 is 10.7. The van der Waals surface area contributed by atoms with E-state index in [1.54, 1.807) is 14.2 Å². The number of hydrogen-bond acceptors (Lipinski definition) is 3. The van der Waals surface area contributed by atoms with Crippen molar-refractivity contribution in [2.24, 2.45) is 5.73 Å². The molecule has 1 aromatic rings. The first kappa shape index (κ1) is 12.2. The molecule has 0 aromatic heterocycles. The van der Waals surface area contributed by atoms with E-state index in [9.17, 15) is 0 Å². The average molecular weight is 235 g/mol. The predicted octanol–water partition coefficient (Wildman–Crippen LogP) is 2.69. The van der Waals surface area contributed by atoms with Crippen molar-refractivity contribution in [2.45, 2.75) is 37.6 Å². The predicted molar refractivity (Wildman–Crippen MR) is 68.7 cm³/mol. The molecule has 1 fully saturated rings. The maximum absolute atomic E-state index is 5.94. The molecule has 0 heterocycles. The summed E-state index contributed by atoms with van der Waals surface area (Å²) in [6, 6.07) is 6.48. The number of ether oxygens (including phenoxy) is 2. The van der Waals surface area contributed by atoms with Gasteiger partial charge in [-0.15, -0.1) is 0 Å². The van der Waals surface area contributed by atoms with Crippen LogP contribution in [0, 0.1) is 0 Å². The van der Waals surface area contributed by atoms with Crippen LogP contribution in [0.4, 0.5) is 0 Å². The van der Waals surface area contributed by atoms with Gasteiger partial charge in [0.1, 0.15) is 11.5 Å². The Labute approximate surface area is 103 Å². The molecule has 1 aliphatic rings. The van der Waals surface area contributed by atoms with E-state index >= 15 is 0 Å². The van der Waals surface area contributed by atoms with Crippen LogP contribution in [0.5, 0.6) is 11.5 Å². The van der Waals surface area contributed by atoms with Crippen LogP contribution in [0.25, 0.3) is 0 Å². The Hall–Kier alpha value is -1.22. The Bertz CT molecular complexity index is 370. The minimum Gasteiger partial charge on any atom is -0.497 e. The monoisotopic (exact) mass is 235 g/mol. The maximum atomic E-state index is 5.94. The third kappa shape index (κ3) is 2.72. The first-order valence-electron chi connectivity index (χ1n) is 6.22. The second-order valence-electron chi connectivity index (χ2n) is 4.72. The molecule has 94 valence electrons. The summed E-state index contributed by atoms with van der Waals surface area (Å²) in [5.41, 5.74) is 7.23. The van der Waals surface area contributed by atoms with Crippen molar-refractivity contribution in [2.75, 3.05) is 14.2 Å². The third-order valence-electron chi connectivity index (χ3n) is 3.65. The van der Waals surface area contributed by atoms with Gasteiger partial charge in [-0.05, 0) is 43.2 Å². The van der Waals surface area contributed by atoms with Crippen molar-refractivity contribution in [1.29, 1.82) is 0 Å². The lowest BCUT2D eigenvalue weighted by atomic mass is 9.81. The quantitative estimate of drug-likeness (QED) is 0.876. The molecule has 0 bridgehead atoms. The summed E-state index contributed by atoms with van der Waals surface area (Å²) >= 11 is 0. The van der Waals surface area contributed by atoms with Gasteiger partial charge in [-0.1, -0.05) is 6.07 Å². The SMILES string of the molecule is COc1ccc(C2CCC(N)CC2)c(OC)c1. The minimum atomic E-state index is 0.385. The molecule has 0 unspecified atom stereocenters. The molecule has 2 N–H and O–H groups in total. The zero-order chi connectivity index (χ0) is 12.3. The van der Waals surface area contributed by atoms with Crippen LogP contribution in [0.1, 0.15) is 37.2 Å². The molecule has 0 amide bonds. The highest BCUT2D eigenvalue weighted by Gasteiger charge is 2.22. The van der Waals surface area contributed by atoms with Gasteiger partial charge in [-0.2, -0.15) is 0 Å². The number of benzene rings is 1. The first-order chi connectivity index (χ1) is 8.24. The van der Waals surface area contributed by atoms with Crippen molar-refractivity contribution in [3.8, 4) is 11.5 Å². The van der Waals surface area contributed by atoms with Crippen LogP contribution in [0.2, 0.25) is 0 Å². The maximum Gasteiger partial charge on any atom is 0.126 e. The molecule has 17 heavy (non-hydrogen) atoms. The fourth-order valence-electron chi connectivity index (χ4n) is 2.59. The van der Waals surface area contributed by atoms with Crippen LogP contribution in [-0.4, -0.2) is 20.3 Å². The van der Waals surface area contributed by atoms with Crippen LogP contribution >= 0.6 is 0 Å². The molecular formula is C14H21NO2. The summed E-state index contributed by atoms with van der Waals surface area (Å²) in [6.07, 6.45) is 4.54. The Morgan fingerprint density at radius 3 is 2.35 bits per heavy atom. The summed E-state index contributed by atoms with van der Waals surface area (Å²) in [7, 11) is 3.39. The van der Waals surface area contributed by atoms with Crippen molar-refractivity contribution < 1.29 is 9.47 Å². The van der Waals surface area contributed by atoms with Gasteiger partial charge >= 0.3 is 0 Å². The van der Waals surface area contributed by atoms with Crippen LogP contribution < -0.4 is 15.2 Å². The fourth-order valence-corrected chi connectivity index (χ4v) is 2.59. The van der Waals surface area contributed by atoms with Gasteiger partial charge in [0.15, 0.2) is 0 Å². The molecule has 1 saturated carbocycles. The topological polar surface area (TPSA) is 44.5 Å². The molecule has 0 aliphatic heterocycles. The van der Waals surface area contributed by atoms with Crippen molar-refractivity contribution in [1.82, 2.24) is 0 Å². The smallest absolute Gasteiger partial charge is 0.126 e. The highest BCUT2D eigenvalue weighted by Crippen LogP contribution is 2.38. The van der Waals surface area contributed by atoms with Gasteiger partial charge < -0.3 is 15.2 Å². The van der Waals surface area contributed by atoms with Crippen molar-refractivity contribution in [3.63, 3.8) is 0 Å². The largest absolute Gasteiger partial charge is 0.497 e. The third-order valence-corrected chi connectivity index (χ3v) is 3.65. The lowest BCUT2D eigenvalue weighted by Gasteiger charge is -2.27. The van der Waals surface area contributed by atoms with E-state index < -0.39 is 0 Å². The van der Waals surface area contributed by atoms with Crippen LogP contribution in [-0.2, 0) is 0 Å². The molecule has 2 rings (SSSR count). The highest BCUT2D eigenvalue weighted by atomic mass is 16.5. The van der Waals surface area contributed by atoms with Gasteiger partial charge in [-0.25, -0.2) is 0 Å². The Morgan fingerprint density at radius 2 is 1.76 bits per heavy atom. The van der Waals surface area contributed by atoms with Gasteiger partial charge in [-0.3, -0.25) is 0 Å². The van der Waals surface area contributed by atoms with Crippen molar-refractivity contribution >= 4 is 0 Å². The molecule has 0 saturated heterocycles. The molecule has 1 aliphatic carbocycles. The van der Waals surface area contributed by atoms with Gasteiger partial charge in [0, 0.05) is 12.1 Å². The van der Waals surface area contributed by atoms with Gasteiger partial charge in [0.05, 0.1) is 14.2 Å². The number of rotatable bonds is 3. The Kier molecular flexibility index (Phi) is 3.89. The average Bonchev–Trinajstić information content (AvgIpc) is 2.39.